The maximum Gasteiger partial charge on any atom is 0.508 e. The minimum atomic E-state index is -0.904. The Morgan fingerprint density at radius 1 is 0.912 bits per heavy atom. The highest BCUT2D eigenvalue weighted by atomic mass is 16.7. The standard InChI is InChI=1S/C26H27NO7/c1-15-2-6-18-19-7-4-16(3-5-17(28)12-34-27)11-21(19)22(20(18)10-15)13-32-26(31)33-14-23-24(29)8-9-25(23)30/h2,4,6-7,10-11,22-23H,3,5,8-9,12-14,27H2,1H3. The highest BCUT2D eigenvalue weighted by molar-refractivity contribution is 6.08. The minimum absolute atomic E-state index is 0.0538. The highest BCUT2D eigenvalue weighted by Gasteiger charge is 2.34. The molecule has 1 saturated carbocycles. The average molecular weight is 466 g/mol. The van der Waals surface area contributed by atoms with Crippen molar-refractivity contribution in [3.8, 4) is 11.1 Å². The van der Waals surface area contributed by atoms with Gasteiger partial charge in [0.25, 0.3) is 0 Å². The molecule has 1 fully saturated rings. The van der Waals surface area contributed by atoms with E-state index in [9.17, 15) is 19.2 Å². The van der Waals surface area contributed by atoms with E-state index < -0.39 is 12.1 Å². The van der Waals surface area contributed by atoms with Crippen molar-refractivity contribution in [2.45, 2.75) is 38.5 Å². The Kier molecular flexibility index (Phi) is 7.19. The Labute approximate surface area is 197 Å². The van der Waals surface area contributed by atoms with Gasteiger partial charge in [-0.05, 0) is 41.2 Å². The molecule has 0 saturated heterocycles. The first-order valence-electron chi connectivity index (χ1n) is 11.3. The summed E-state index contributed by atoms with van der Waals surface area (Å²) < 4.78 is 10.5. The average Bonchev–Trinajstić information content (AvgIpc) is 3.30. The summed E-state index contributed by atoms with van der Waals surface area (Å²) in [6.45, 7) is 1.66. The van der Waals surface area contributed by atoms with Crippen LogP contribution in [-0.2, 0) is 35.1 Å². The fourth-order valence-electron chi connectivity index (χ4n) is 4.62. The van der Waals surface area contributed by atoms with Crippen LogP contribution < -0.4 is 5.90 Å². The van der Waals surface area contributed by atoms with Gasteiger partial charge in [0.2, 0.25) is 0 Å². The van der Waals surface area contributed by atoms with Crippen LogP contribution in [0.2, 0.25) is 0 Å². The van der Waals surface area contributed by atoms with E-state index in [1.165, 1.54) is 0 Å². The van der Waals surface area contributed by atoms with E-state index in [0.717, 1.165) is 33.4 Å². The smallest absolute Gasteiger partial charge is 0.433 e. The Balaban J connectivity index is 1.47. The van der Waals surface area contributed by atoms with Gasteiger partial charge >= 0.3 is 6.16 Å². The predicted octanol–water partition coefficient (Wildman–Crippen LogP) is 3.20. The van der Waals surface area contributed by atoms with Crippen molar-refractivity contribution >= 4 is 23.5 Å². The second-order valence-corrected chi connectivity index (χ2v) is 8.77. The summed E-state index contributed by atoms with van der Waals surface area (Å²) in [5.41, 5.74) is 6.26. The molecule has 2 aromatic carbocycles. The molecule has 34 heavy (non-hydrogen) atoms. The summed E-state index contributed by atoms with van der Waals surface area (Å²) in [4.78, 5) is 51.9. The lowest BCUT2D eigenvalue weighted by Gasteiger charge is -2.16. The van der Waals surface area contributed by atoms with Gasteiger partial charge in [-0.25, -0.2) is 10.7 Å². The van der Waals surface area contributed by atoms with Gasteiger partial charge in [0.05, 0.1) is 0 Å². The number of Topliss-reactive ketones (excluding diaryl/α,β-unsaturated/α-hetero) is 3. The summed E-state index contributed by atoms with van der Waals surface area (Å²) in [6, 6.07) is 12.2. The van der Waals surface area contributed by atoms with Gasteiger partial charge < -0.3 is 9.47 Å². The van der Waals surface area contributed by atoms with Gasteiger partial charge in [-0.1, -0.05) is 42.0 Å². The van der Waals surface area contributed by atoms with E-state index in [2.05, 4.69) is 17.0 Å². The van der Waals surface area contributed by atoms with Gasteiger partial charge in [0.1, 0.15) is 37.3 Å². The molecule has 0 spiro atoms. The number of nitrogens with two attached hydrogens (primary N) is 1. The van der Waals surface area contributed by atoms with Crippen molar-refractivity contribution in [1.29, 1.82) is 0 Å². The lowest BCUT2D eigenvalue weighted by atomic mass is 9.95. The lowest BCUT2D eigenvalue weighted by molar-refractivity contribution is -0.129. The first-order valence-corrected chi connectivity index (χ1v) is 11.3. The molecule has 178 valence electrons. The molecule has 1 atom stereocenters. The number of hydrogen-bond donors (Lipinski definition) is 1. The predicted molar refractivity (Wildman–Crippen MR) is 122 cm³/mol. The van der Waals surface area contributed by atoms with Crippen molar-refractivity contribution in [3.63, 3.8) is 0 Å². The quantitative estimate of drug-likeness (QED) is 0.340. The summed E-state index contributed by atoms with van der Waals surface area (Å²) in [5, 5.41) is 0. The molecular formula is C26H27NO7. The number of carbonyl (C=O) groups is 4. The second kappa shape index (κ2) is 10.3. The maximum absolute atomic E-state index is 12.2. The maximum atomic E-state index is 12.2. The molecule has 4 rings (SSSR count). The molecule has 8 heteroatoms. The van der Waals surface area contributed by atoms with E-state index in [4.69, 9.17) is 15.4 Å². The topological polar surface area (TPSA) is 122 Å². The normalized spacial score (nSPS) is 16.9. The van der Waals surface area contributed by atoms with Crippen LogP contribution in [-0.4, -0.2) is 43.3 Å². The molecule has 8 nitrogen and oxygen atoms in total. The number of fused-ring (bicyclic) bond motifs is 3. The van der Waals surface area contributed by atoms with Crippen LogP contribution in [0, 0.1) is 12.8 Å². The first kappa shape index (κ1) is 23.8. The zero-order valence-electron chi connectivity index (χ0n) is 19.0. The molecule has 0 aliphatic heterocycles. The fourth-order valence-corrected chi connectivity index (χ4v) is 4.62. The van der Waals surface area contributed by atoms with E-state index >= 15 is 0 Å². The van der Waals surface area contributed by atoms with Crippen LogP contribution in [0.25, 0.3) is 11.1 Å². The highest BCUT2D eigenvalue weighted by Crippen LogP contribution is 2.45. The third-order valence-corrected chi connectivity index (χ3v) is 6.43. The minimum Gasteiger partial charge on any atom is -0.433 e. The zero-order chi connectivity index (χ0) is 24.2. The number of hydrogen-bond acceptors (Lipinski definition) is 8. The van der Waals surface area contributed by atoms with Crippen molar-refractivity contribution in [1.82, 2.24) is 0 Å². The number of aryl methyl sites for hydroxylation is 2. The van der Waals surface area contributed by atoms with E-state index in [1.807, 2.05) is 31.2 Å². The van der Waals surface area contributed by atoms with Gasteiger partial charge in [-0.3, -0.25) is 19.2 Å². The number of ketones is 3. The third kappa shape index (κ3) is 5.08. The number of rotatable bonds is 9. The van der Waals surface area contributed by atoms with Gasteiger partial charge in [-0.2, -0.15) is 0 Å². The summed E-state index contributed by atoms with van der Waals surface area (Å²) >= 11 is 0. The van der Waals surface area contributed by atoms with Crippen LogP contribution in [0.5, 0.6) is 0 Å². The summed E-state index contributed by atoms with van der Waals surface area (Å²) in [6.07, 6.45) is 0.352. The lowest BCUT2D eigenvalue weighted by Crippen LogP contribution is -2.24. The number of benzene rings is 2. The molecule has 2 aromatic rings. The molecule has 0 aromatic heterocycles. The zero-order valence-corrected chi connectivity index (χ0v) is 19.0. The molecule has 2 aliphatic carbocycles. The SMILES string of the molecule is Cc1ccc2c(c1)C(COC(=O)OCC1C(=O)CCC1=O)c1cc(CCC(=O)CON)ccc1-2. The van der Waals surface area contributed by atoms with E-state index in [0.29, 0.717) is 12.8 Å². The monoisotopic (exact) mass is 465 g/mol. The van der Waals surface area contributed by atoms with Crippen LogP contribution in [0.4, 0.5) is 4.79 Å². The Morgan fingerprint density at radius 3 is 2.21 bits per heavy atom. The molecule has 0 bridgehead atoms. The molecule has 2 N–H and O–H groups in total. The Hall–Kier alpha value is -3.36. The molecule has 0 amide bonds. The largest absolute Gasteiger partial charge is 0.508 e. The number of ether oxygens (including phenoxy) is 2. The van der Waals surface area contributed by atoms with Crippen molar-refractivity contribution < 1.29 is 33.5 Å². The van der Waals surface area contributed by atoms with Crippen molar-refractivity contribution in [2.75, 3.05) is 19.8 Å². The Morgan fingerprint density at radius 2 is 1.53 bits per heavy atom. The fraction of sp³-hybridized carbons (Fsp3) is 0.385. The molecule has 0 radical (unpaired) electrons. The van der Waals surface area contributed by atoms with Crippen molar-refractivity contribution in [3.05, 3.63) is 58.7 Å². The third-order valence-electron chi connectivity index (χ3n) is 6.43. The molecule has 1 unspecified atom stereocenters. The van der Waals surface area contributed by atoms with E-state index in [-0.39, 0.29) is 55.9 Å². The van der Waals surface area contributed by atoms with E-state index in [1.54, 1.807) is 0 Å². The summed E-state index contributed by atoms with van der Waals surface area (Å²) in [7, 11) is 0. The van der Waals surface area contributed by atoms with Gasteiger partial charge in [0, 0.05) is 25.2 Å². The summed E-state index contributed by atoms with van der Waals surface area (Å²) in [5.74, 6) is 3.42. The van der Waals surface area contributed by atoms with Gasteiger partial charge in [0.15, 0.2) is 5.78 Å². The van der Waals surface area contributed by atoms with Crippen LogP contribution >= 0.6 is 0 Å². The van der Waals surface area contributed by atoms with Crippen molar-refractivity contribution in [2.24, 2.45) is 11.8 Å². The second-order valence-electron chi connectivity index (χ2n) is 8.77. The van der Waals surface area contributed by atoms with Crippen LogP contribution in [0.3, 0.4) is 0 Å². The van der Waals surface area contributed by atoms with Crippen LogP contribution in [0.15, 0.2) is 36.4 Å². The molecule has 0 heterocycles. The molecular weight excluding hydrogens is 438 g/mol. The van der Waals surface area contributed by atoms with Gasteiger partial charge in [-0.15, -0.1) is 0 Å². The Bertz CT molecular complexity index is 1120. The number of carbonyl (C=O) groups excluding carboxylic acids is 4. The first-order chi connectivity index (χ1) is 16.4. The van der Waals surface area contributed by atoms with Crippen LogP contribution in [0.1, 0.15) is 47.4 Å². The molecule has 2 aliphatic rings.